The molecule has 0 heterocycles. The monoisotopic (exact) mass is 219 g/mol. The summed E-state index contributed by atoms with van der Waals surface area (Å²) in [4.78, 5) is 0. The molecule has 1 fully saturated rings. The molecule has 0 aromatic heterocycles. The maximum atomic E-state index is 12.0. The zero-order valence-corrected chi connectivity index (χ0v) is 9.72. The molecule has 0 spiro atoms. The van der Waals surface area contributed by atoms with E-state index in [0.717, 1.165) is 25.7 Å². The van der Waals surface area contributed by atoms with Crippen molar-refractivity contribution < 1.29 is 8.42 Å². The molecule has 1 aliphatic rings. The molecule has 0 aromatic carbocycles. The van der Waals surface area contributed by atoms with Crippen molar-refractivity contribution in [3.63, 3.8) is 0 Å². The van der Waals surface area contributed by atoms with Crippen molar-refractivity contribution in [1.29, 1.82) is 0 Å². The van der Waals surface area contributed by atoms with Gasteiger partial charge in [-0.3, -0.25) is 0 Å². The predicted octanol–water partition coefficient (Wildman–Crippen LogP) is 1.47. The van der Waals surface area contributed by atoms with Crippen LogP contribution in [0.1, 0.15) is 45.4 Å². The minimum absolute atomic E-state index is 0.0854. The number of hydrogen-bond donors (Lipinski definition) is 1. The Bertz CT molecular complexity index is 255. The van der Waals surface area contributed by atoms with Gasteiger partial charge in [0, 0.05) is 0 Å². The Kier molecular flexibility index (Phi) is 4.38. The molecular weight excluding hydrogens is 198 g/mol. The number of hydrogen-bond acceptors (Lipinski definition) is 3. The van der Waals surface area contributed by atoms with E-state index >= 15 is 0 Å². The van der Waals surface area contributed by atoms with E-state index < -0.39 is 9.84 Å². The molecule has 0 amide bonds. The summed E-state index contributed by atoms with van der Waals surface area (Å²) in [5.74, 6) is 0. The van der Waals surface area contributed by atoms with Crippen molar-refractivity contribution in [3.8, 4) is 0 Å². The maximum absolute atomic E-state index is 12.0. The fourth-order valence-corrected chi connectivity index (χ4v) is 4.23. The van der Waals surface area contributed by atoms with Gasteiger partial charge in [-0.1, -0.05) is 19.3 Å². The molecule has 1 rings (SSSR count). The van der Waals surface area contributed by atoms with Gasteiger partial charge in [-0.25, -0.2) is 8.42 Å². The fourth-order valence-electron chi connectivity index (χ4n) is 2.12. The highest BCUT2D eigenvalue weighted by Crippen LogP contribution is 2.26. The lowest BCUT2D eigenvalue weighted by molar-refractivity contribution is 0.477. The van der Waals surface area contributed by atoms with Crippen LogP contribution in [0.5, 0.6) is 0 Å². The van der Waals surface area contributed by atoms with E-state index in [9.17, 15) is 8.42 Å². The molecule has 0 radical (unpaired) electrons. The van der Waals surface area contributed by atoms with Crippen LogP contribution < -0.4 is 5.73 Å². The van der Waals surface area contributed by atoms with Gasteiger partial charge in [0.1, 0.15) is 0 Å². The topological polar surface area (TPSA) is 60.2 Å². The van der Waals surface area contributed by atoms with Crippen LogP contribution in [0.15, 0.2) is 0 Å². The number of rotatable bonds is 4. The normalized spacial score (nSPS) is 22.1. The van der Waals surface area contributed by atoms with E-state index in [0.29, 0.717) is 13.0 Å². The van der Waals surface area contributed by atoms with E-state index in [1.807, 2.05) is 0 Å². The minimum atomic E-state index is -2.90. The van der Waals surface area contributed by atoms with Crippen molar-refractivity contribution in [1.82, 2.24) is 0 Å². The summed E-state index contributed by atoms with van der Waals surface area (Å²) in [6.45, 7) is 2.25. The first kappa shape index (κ1) is 12.0. The molecule has 84 valence electrons. The van der Waals surface area contributed by atoms with Gasteiger partial charge in [0.05, 0.1) is 10.5 Å². The van der Waals surface area contributed by atoms with Crippen molar-refractivity contribution in [2.24, 2.45) is 5.73 Å². The average Bonchev–Trinajstić information content (AvgIpc) is 2.19. The van der Waals surface area contributed by atoms with Crippen LogP contribution in [0.25, 0.3) is 0 Å². The summed E-state index contributed by atoms with van der Waals surface area (Å²) in [6, 6.07) is 0. The largest absolute Gasteiger partial charge is 0.330 e. The van der Waals surface area contributed by atoms with Crippen molar-refractivity contribution in [2.75, 3.05) is 6.54 Å². The standard InChI is InChI=1S/C10H21NO2S/c1-9(7-8-11)14(12,13)10-5-3-2-4-6-10/h9-10H,2-8,11H2,1H3. The number of nitrogens with two attached hydrogens (primary N) is 1. The van der Waals surface area contributed by atoms with Gasteiger partial charge in [0.25, 0.3) is 0 Å². The van der Waals surface area contributed by atoms with Gasteiger partial charge in [0.15, 0.2) is 9.84 Å². The van der Waals surface area contributed by atoms with E-state index in [-0.39, 0.29) is 10.5 Å². The Morgan fingerprint density at radius 2 is 1.86 bits per heavy atom. The molecule has 0 saturated heterocycles. The highest BCUT2D eigenvalue weighted by molar-refractivity contribution is 7.92. The summed E-state index contributed by atoms with van der Waals surface area (Å²) in [5, 5.41) is -0.339. The van der Waals surface area contributed by atoms with Crippen LogP contribution >= 0.6 is 0 Å². The van der Waals surface area contributed by atoms with Crippen LogP contribution in [0.4, 0.5) is 0 Å². The van der Waals surface area contributed by atoms with E-state index in [2.05, 4.69) is 0 Å². The average molecular weight is 219 g/mol. The Morgan fingerprint density at radius 1 is 1.29 bits per heavy atom. The van der Waals surface area contributed by atoms with Crippen molar-refractivity contribution in [3.05, 3.63) is 0 Å². The van der Waals surface area contributed by atoms with E-state index in [4.69, 9.17) is 5.73 Å². The zero-order chi connectivity index (χ0) is 10.6. The number of sulfone groups is 1. The maximum Gasteiger partial charge on any atom is 0.155 e. The Morgan fingerprint density at radius 3 is 2.36 bits per heavy atom. The first-order valence-electron chi connectivity index (χ1n) is 5.52. The Labute approximate surface area is 87.0 Å². The van der Waals surface area contributed by atoms with E-state index in [1.54, 1.807) is 6.92 Å². The van der Waals surface area contributed by atoms with Gasteiger partial charge in [-0.05, 0) is 32.7 Å². The molecule has 1 aliphatic carbocycles. The third kappa shape index (κ3) is 2.70. The second-order valence-corrected chi connectivity index (χ2v) is 6.89. The lowest BCUT2D eigenvalue weighted by Gasteiger charge is -2.24. The molecule has 1 atom stereocenters. The molecule has 4 heteroatoms. The van der Waals surface area contributed by atoms with Crippen molar-refractivity contribution >= 4 is 9.84 Å². The predicted molar refractivity (Wildman–Crippen MR) is 58.9 cm³/mol. The Hall–Kier alpha value is -0.0900. The lowest BCUT2D eigenvalue weighted by Crippen LogP contribution is -2.33. The quantitative estimate of drug-likeness (QED) is 0.779. The molecular formula is C10H21NO2S. The van der Waals surface area contributed by atoms with E-state index in [1.165, 1.54) is 6.42 Å². The second-order valence-electron chi connectivity index (χ2n) is 4.24. The summed E-state index contributed by atoms with van der Waals surface area (Å²) >= 11 is 0. The third-order valence-corrected chi connectivity index (χ3v) is 5.91. The van der Waals surface area contributed by atoms with Crippen LogP contribution in [0, 0.1) is 0 Å². The van der Waals surface area contributed by atoms with Crippen LogP contribution in [0.2, 0.25) is 0 Å². The molecule has 3 nitrogen and oxygen atoms in total. The van der Waals surface area contributed by atoms with Gasteiger partial charge in [-0.15, -0.1) is 0 Å². The van der Waals surface area contributed by atoms with Gasteiger partial charge >= 0.3 is 0 Å². The smallest absolute Gasteiger partial charge is 0.155 e. The van der Waals surface area contributed by atoms with Crippen LogP contribution in [-0.4, -0.2) is 25.5 Å². The summed E-state index contributed by atoms with van der Waals surface area (Å²) in [5.41, 5.74) is 5.39. The van der Waals surface area contributed by atoms with Crippen LogP contribution in [0.3, 0.4) is 0 Å². The molecule has 1 saturated carbocycles. The lowest BCUT2D eigenvalue weighted by atomic mass is 10.0. The SMILES string of the molecule is CC(CCN)S(=O)(=O)C1CCCCC1. The highest BCUT2D eigenvalue weighted by Gasteiger charge is 2.31. The molecule has 0 aliphatic heterocycles. The van der Waals surface area contributed by atoms with Gasteiger partial charge in [0.2, 0.25) is 0 Å². The fraction of sp³-hybridized carbons (Fsp3) is 1.00. The first-order chi connectivity index (χ1) is 6.59. The Balaban J connectivity index is 2.62. The van der Waals surface area contributed by atoms with Crippen molar-refractivity contribution in [2.45, 2.75) is 55.9 Å². The summed E-state index contributed by atoms with van der Waals surface area (Å²) < 4.78 is 24.0. The zero-order valence-electron chi connectivity index (χ0n) is 8.91. The molecule has 2 N–H and O–H groups in total. The molecule has 1 unspecified atom stereocenters. The molecule has 0 bridgehead atoms. The second kappa shape index (κ2) is 5.12. The van der Waals surface area contributed by atoms with Crippen LogP contribution in [-0.2, 0) is 9.84 Å². The summed E-state index contributed by atoms with van der Waals surface area (Å²) in [7, 11) is -2.90. The van der Waals surface area contributed by atoms with Gasteiger partial charge < -0.3 is 5.73 Å². The van der Waals surface area contributed by atoms with Gasteiger partial charge in [-0.2, -0.15) is 0 Å². The molecule has 0 aromatic rings. The summed E-state index contributed by atoms with van der Waals surface area (Å²) in [6.07, 6.45) is 5.64. The highest BCUT2D eigenvalue weighted by atomic mass is 32.2. The first-order valence-corrected chi connectivity index (χ1v) is 7.12. The minimum Gasteiger partial charge on any atom is -0.330 e. The molecule has 14 heavy (non-hydrogen) atoms. The third-order valence-electron chi connectivity index (χ3n) is 3.15.